The van der Waals surface area contributed by atoms with Gasteiger partial charge in [0.25, 0.3) is 0 Å². The number of hydrogen-bond donors (Lipinski definition) is 2. The van der Waals surface area contributed by atoms with Gasteiger partial charge in [-0.2, -0.15) is 0 Å². The molecule has 20 heavy (non-hydrogen) atoms. The molecule has 1 aromatic rings. The molecule has 4 nitrogen and oxygen atoms in total. The molecule has 4 heteroatoms. The van der Waals surface area contributed by atoms with Crippen molar-refractivity contribution in [3.63, 3.8) is 0 Å². The van der Waals surface area contributed by atoms with E-state index < -0.39 is 11.7 Å². The Hall–Kier alpha value is -1.55. The fraction of sp³-hybridized carbons (Fsp3) is 0.562. The number of anilines is 1. The van der Waals surface area contributed by atoms with E-state index in [1.54, 1.807) is 0 Å². The number of ether oxygens (including phenoxy) is 1. The lowest BCUT2D eigenvalue weighted by atomic mass is 9.96. The van der Waals surface area contributed by atoms with Crippen molar-refractivity contribution in [2.24, 2.45) is 5.73 Å². The van der Waals surface area contributed by atoms with Crippen LogP contribution < -0.4 is 11.1 Å². The minimum atomic E-state index is -0.489. The molecule has 0 aliphatic rings. The maximum atomic E-state index is 11.6. The molecule has 0 spiro atoms. The fourth-order valence-electron chi connectivity index (χ4n) is 1.64. The van der Waals surface area contributed by atoms with Crippen LogP contribution in [0.3, 0.4) is 0 Å². The maximum absolute atomic E-state index is 11.6. The van der Waals surface area contributed by atoms with Gasteiger partial charge in [0.1, 0.15) is 5.60 Å². The van der Waals surface area contributed by atoms with E-state index in [0.29, 0.717) is 0 Å². The number of hydrogen-bond acceptors (Lipinski definition) is 3. The molecular weight excluding hydrogens is 252 g/mol. The third-order valence-corrected chi connectivity index (χ3v) is 2.66. The van der Waals surface area contributed by atoms with Crippen LogP contribution >= 0.6 is 0 Å². The summed E-state index contributed by atoms with van der Waals surface area (Å²) in [7, 11) is 0. The summed E-state index contributed by atoms with van der Waals surface area (Å²) in [5.41, 5.74) is 7.25. The standard InChI is InChI=1S/C16H26N2O2/c1-15(2,3)20-14(19)18-13-8-6-12(7-9-13)10-11-16(4,5)17/h6-9H,10-11,17H2,1-5H3,(H,18,19). The molecule has 0 fully saturated rings. The van der Waals surface area contributed by atoms with Gasteiger partial charge in [0.05, 0.1) is 0 Å². The smallest absolute Gasteiger partial charge is 0.412 e. The molecule has 1 aromatic carbocycles. The van der Waals surface area contributed by atoms with E-state index in [2.05, 4.69) is 5.32 Å². The molecule has 3 N–H and O–H groups in total. The second-order valence-electron chi connectivity index (χ2n) is 6.81. The first-order valence-corrected chi connectivity index (χ1v) is 6.93. The topological polar surface area (TPSA) is 64.3 Å². The number of benzene rings is 1. The first-order valence-electron chi connectivity index (χ1n) is 6.93. The summed E-state index contributed by atoms with van der Waals surface area (Å²) in [4.78, 5) is 11.6. The van der Waals surface area contributed by atoms with Crippen LogP contribution in [0.15, 0.2) is 24.3 Å². The second kappa shape index (κ2) is 6.27. The Morgan fingerprint density at radius 1 is 1.15 bits per heavy atom. The largest absolute Gasteiger partial charge is 0.444 e. The summed E-state index contributed by atoms with van der Waals surface area (Å²) < 4.78 is 5.20. The van der Waals surface area contributed by atoms with Crippen molar-refractivity contribution < 1.29 is 9.53 Å². The summed E-state index contributed by atoms with van der Waals surface area (Å²) in [5.74, 6) is 0. The summed E-state index contributed by atoms with van der Waals surface area (Å²) in [6.07, 6.45) is 1.41. The SMILES string of the molecule is CC(C)(N)CCc1ccc(NC(=O)OC(C)(C)C)cc1. The van der Waals surface area contributed by atoms with E-state index in [1.807, 2.05) is 58.9 Å². The van der Waals surface area contributed by atoms with Crippen molar-refractivity contribution in [1.82, 2.24) is 0 Å². The molecule has 112 valence electrons. The van der Waals surface area contributed by atoms with Gasteiger partial charge in [-0.05, 0) is 65.2 Å². The van der Waals surface area contributed by atoms with E-state index in [1.165, 1.54) is 5.56 Å². The Kier molecular flexibility index (Phi) is 5.17. The molecule has 0 unspecified atom stereocenters. The molecule has 0 radical (unpaired) electrons. The normalized spacial score (nSPS) is 12.1. The van der Waals surface area contributed by atoms with E-state index in [-0.39, 0.29) is 5.54 Å². The number of aryl methyl sites for hydroxylation is 1. The lowest BCUT2D eigenvalue weighted by Gasteiger charge is -2.20. The summed E-state index contributed by atoms with van der Waals surface area (Å²) in [5, 5.41) is 2.71. The third-order valence-electron chi connectivity index (χ3n) is 2.66. The molecule has 0 saturated carbocycles. The van der Waals surface area contributed by atoms with Gasteiger partial charge in [-0.3, -0.25) is 5.32 Å². The van der Waals surface area contributed by atoms with Crippen molar-refractivity contribution in [3.8, 4) is 0 Å². The van der Waals surface area contributed by atoms with Crippen molar-refractivity contribution in [2.75, 3.05) is 5.32 Å². The average Bonchev–Trinajstić information content (AvgIpc) is 2.24. The zero-order valence-electron chi connectivity index (χ0n) is 13.1. The first kappa shape index (κ1) is 16.5. The lowest BCUT2D eigenvalue weighted by Crippen LogP contribution is -2.32. The number of rotatable bonds is 4. The number of carbonyl (C=O) groups is 1. The Bertz CT molecular complexity index is 439. The minimum Gasteiger partial charge on any atom is -0.444 e. The highest BCUT2D eigenvalue weighted by Crippen LogP contribution is 2.15. The van der Waals surface area contributed by atoms with Crippen molar-refractivity contribution in [1.29, 1.82) is 0 Å². The number of amides is 1. The molecule has 1 amide bonds. The number of carbonyl (C=O) groups excluding carboxylic acids is 1. The molecule has 0 aromatic heterocycles. The number of nitrogens with one attached hydrogen (secondary N) is 1. The quantitative estimate of drug-likeness (QED) is 0.882. The highest BCUT2D eigenvalue weighted by Gasteiger charge is 2.16. The van der Waals surface area contributed by atoms with E-state index in [4.69, 9.17) is 10.5 Å². The molecular formula is C16H26N2O2. The maximum Gasteiger partial charge on any atom is 0.412 e. The van der Waals surface area contributed by atoms with E-state index in [0.717, 1.165) is 18.5 Å². The predicted molar refractivity (Wildman–Crippen MR) is 82.9 cm³/mol. The zero-order valence-corrected chi connectivity index (χ0v) is 13.1. The molecule has 0 atom stereocenters. The molecule has 0 aliphatic heterocycles. The van der Waals surface area contributed by atoms with Crippen LogP contribution in [0, 0.1) is 0 Å². The Balaban J connectivity index is 2.52. The molecule has 1 rings (SSSR count). The summed E-state index contributed by atoms with van der Waals surface area (Å²) in [6.45, 7) is 9.55. The van der Waals surface area contributed by atoms with Gasteiger partial charge in [-0.25, -0.2) is 4.79 Å². The Morgan fingerprint density at radius 2 is 1.70 bits per heavy atom. The zero-order chi connectivity index (χ0) is 15.4. The van der Waals surface area contributed by atoms with E-state index in [9.17, 15) is 4.79 Å². The van der Waals surface area contributed by atoms with Crippen molar-refractivity contribution in [3.05, 3.63) is 29.8 Å². The van der Waals surface area contributed by atoms with Gasteiger partial charge in [0, 0.05) is 11.2 Å². The lowest BCUT2D eigenvalue weighted by molar-refractivity contribution is 0.0636. The Labute approximate surface area is 121 Å². The van der Waals surface area contributed by atoms with Gasteiger partial charge in [0.15, 0.2) is 0 Å². The number of nitrogens with two attached hydrogens (primary N) is 1. The van der Waals surface area contributed by atoms with Crippen LogP contribution in [0.1, 0.15) is 46.6 Å². The van der Waals surface area contributed by atoms with Gasteiger partial charge in [-0.15, -0.1) is 0 Å². The van der Waals surface area contributed by atoms with Crippen LogP contribution in [-0.4, -0.2) is 17.2 Å². The van der Waals surface area contributed by atoms with Crippen LogP contribution in [0.2, 0.25) is 0 Å². The van der Waals surface area contributed by atoms with Crippen LogP contribution in [0.4, 0.5) is 10.5 Å². The summed E-state index contributed by atoms with van der Waals surface area (Å²) >= 11 is 0. The van der Waals surface area contributed by atoms with Crippen LogP contribution in [-0.2, 0) is 11.2 Å². The van der Waals surface area contributed by atoms with Crippen molar-refractivity contribution >= 4 is 11.8 Å². The van der Waals surface area contributed by atoms with Crippen LogP contribution in [0.25, 0.3) is 0 Å². The Morgan fingerprint density at radius 3 is 2.15 bits per heavy atom. The van der Waals surface area contributed by atoms with E-state index >= 15 is 0 Å². The van der Waals surface area contributed by atoms with Gasteiger partial charge in [-0.1, -0.05) is 12.1 Å². The highest BCUT2D eigenvalue weighted by atomic mass is 16.6. The minimum absolute atomic E-state index is 0.159. The molecule has 0 heterocycles. The molecule has 0 bridgehead atoms. The fourth-order valence-corrected chi connectivity index (χ4v) is 1.64. The highest BCUT2D eigenvalue weighted by molar-refractivity contribution is 5.84. The monoisotopic (exact) mass is 278 g/mol. The van der Waals surface area contributed by atoms with Crippen LogP contribution in [0.5, 0.6) is 0 Å². The van der Waals surface area contributed by atoms with Gasteiger partial charge >= 0.3 is 6.09 Å². The summed E-state index contributed by atoms with van der Waals surface area (Å²) in [6, 6.07) is 7.75. The van der Waals surface area contributed by atoms with Gasteiger partial charge < -0.3 is 10.5 Å². The predicted octanol–water partition coefficient (Wildman–Crippen LogP) is 3.70. The molecule has 0 saturated heterocycles. The molecule has 0 aliphatic carbocycles. The van der Waals surface area contributed by atoms with Crippen molar-refractivity contribution in [2.45, 2.75) is 58.6 Å². The van der Waals surface area contributed by atoms with Gasteiger partial charge in [0.2, 0.25) is 0 Å². The third kappa shape index (κ3) is 7.14. The second-order valence-corrected chi connectivity index (χ2v) is 6.81. The first-order chi connectivity index (χ1) is 9.05. The average molecular weight is 278 g/mol.